The minimum Gasteiger partial charge on any atom is -0.504 e. The quantitative estimate of drug-likeness (QED) is 0.609. The van der Waals surface area contributed by atoms with E-state index in [-0.39, 0.29) is 17.6 Å². The SMILES string of the molecule is Cc1cccc(CNCC(C)C(=O)N(Cc2cc(O)c3c(c2)OCCCO3)CC(C)C)c1. The number of aromatic hydroxyl groups is 1. The molecule has 0 bridgehead atoms. The molecule has 1 atom stereocenters. The molecule has 32 heavy (non-hydrogen) atoms. The van der Waals surface area contributed by atoms with Crippen LogP contribution in [0.2, 0.25) is 0 Å². The molecule has 6 heteroatoms. The third-order valence-corrected chi connectivity index (χ3v) is 5.44. The summed E-state index contributed by atoms with van der Waals surface area (Å²) >= 11 is 0. The van der Waals surface area contributed by atoms with Crippen LogP contribution in [0.15, 0.2) is 36.4 Å². The molecule has 1 aliphatic heterocycles. The number of aryl methyl sites for hydroxylation is 1. The van der Waals surface area contributed by atoms with Gasteiger partial charge in [0.05, 0.1) is 13.2 Å². The Labute approximate surface area is 191 Å². The van der Waals surface area contributed by atoms with E-state index in [1.807, 2.05) is 17.9 Å². The normalized spacial score (nSPS) is 14.2. The standard InChI is InChI=1S/C26H36N2O4/c1-18(2)16-28(17-22-12-23(29)25-24(13-22)31-9-6-10-32-25)26(30)20(4)14-27-15-21-8-5-7-19(3)11-21/h5,7-8,11-13,18,20,27,29H,6,9-10,14-17H2,1-4H3. The summed E-state index contributed by atoms with van der Waals surface area (Å²) in [6, 6.07) is 11.9. The maximum absolute atomic E-state index is 13.3. The Morgan fingerprint density at radius 3 is 2.66 bits per heavy atom. The smallest absolute Gasteiger partial charge is 0.226 e. The first kappa shape index (κ1) is 23.9. The number of nitrogens with zero attached hydrogens (tertiary/aromatic N) is 1. The molecule has 1 unspecified atom stereocenters. The number of hydrogen-bond acceptors (Lipinski definition) is 5. The highest BCUT2D eigenvalue weighted by Gasteiger charge is 2.23. The molecule has 0 saturated carbocycles. The van der Waals surface area contributed by atoms with Gasteiger partial charge in [-0.05, 0) is 36.1 Å². The Morgan fingerprint density at radius 2 is 1.91 bits per heavy atom. The van der Waals surface area contributed by atoms with Gasteiger partial charge in [0.25, 0.3) is 0 Å². The predicted octanol–water partition coefficient (Wildman–Crippen LogP) is 4.27. The van der Waals surface area contributed by atoms with Crippen LogP contribution in [0, 0.1) is 18.8 Å². The number of carbonyl (C=O) groups excluding carboxylic acids is 1. The monoisotopic (exact) mass is 440 g/mol. The van der Waals surface area contributed by atoms with Crippen molar-refractivity contribution in [2.75, 3.05) is 26.3 Å². The third kappa shape index (κ3) is 6.63. The maximum Gasteiger partial charge on any atom is 0.226 e. The fourth-order valence-electron chi connectivity index (χ4n) is 3.95. The second kappa shape index (κ2) is 11.2. The van der Waals surface area contributed by atoms with Crippen molar-refractivity contribution in [1.29, 1.82) is 0 Å². The zero-order chi connectivity index (χ0) is 23.1. The second-order valence-electron chi connectivity index (χ2n) is 9.13. The second-order valence-corrected chi connectivity index (χ2v) is 9.13. The lowest BCUT2D eigenvalue weighted by molar-refractivity contribution is -0.136. The van der Waals surface area contributed by atoms with Crippen LogP contribution in [0.4, 0.5) is 0 Å². The van der Waals surface area contributed by atoms with Crippen molar-refractivity contribution in [3.05, 3.63) is 53.1 Å². The molecule has 0 aromatic heterocycles. The van der Waals surface area contributed by atoms with Gasteiger partial charge in [0.2, 0.25) is 11.7 Å². The first-order chi connectivity index (χ1) is 15.3. The molecular formula is C26H36N2O4. The number of carbonyl (C=O) groups is 1. The molecule has 0 fully saturated rings. The number of phenols is 1. The largest absolute Gasteiger partial charge is 0.504 e. The molecule has 174 valence electrons. The summed E-state index contributed by atoms with van der Waals surface area (Å²) in [6.45, 7) is 11.7. The first-order valence-corrected chi connectivity index (χ1v) is 11.5. The van der Waals surface area contributed by atoms with E-state index in [0.29, 0.717) is 50.3 Å². The Morgan fingerprint density at radius 1 is 1.12 bits per heavy atom. The Balaban J connectivity index is 1.65. The molecule has 2 aromatic rings. The van der Waals surface area contributed by atoms with Crippen LogP contribution >= 0.6 is 0 Å². The van der Waals surface area contributed by atoms with Crippen molar-refractivity contribution in [2.24, 2.45) is 11.8 Å². The molecule has 0 spiro atoms. The van der Waals surface area contributed by atoms with Crippen molar-refractivity contribution in [1.82, 2.24) is 10.2 Å². The van der Waals surface area contributed by atoms with E-state index in [4.69, 9.17) is 9.47 Å². The fraction of sp³-hybridized carbons (Fsp3) is 0.500. The molecule has 1 amide bonds. The summed E-state index contributed by atoms with van der Waals surface area (Å²) in [5, 5.41) is 13.8. The van der Waals surface area contributed by atoms with Gasteiger partial charge in [-0.25, -0.2) is 0 Å². The molecule has 3 rings (SSSR count). The molecule has 2 aromatic carbocycles. The maximum atomic E-state index is 13.3. The summed E-state index contributed by atoms with van der Waals surface area (Å²) < 4.78 is 11.4. The minimum atomic E-state index is -0.160. The Hall–Kier alpha value is -2.73. The first-order valence-electron chi connectivity index (χ1n) is 11.5. The van der Waals surface area contributed by atoms with Gasteiger partial charge in [-0.2, -0.15) is 0 Å². The van der Waals surface area contributed by atoms with Gasteiger partial charge in [-0.15, -0.1) is 0 Å². The van der Waals surface area contributed by atoms with Crippen molar-refractivity contribution in [3.63, 3.8) is 0 Å². The lowest BCUT2D eigenvalue weighted by atomic mass is 10.1. The average molecular weight is 441 g/mol. The van der Waals surface area contributed by atoms with Crippen LogP contribution in [0.3, 0.4) is 0 Å². The summed E-state index contributed by atoms with van der Waals surface area (Å²) in [4.78, 5) is 15.2. The van der Waals surface area contributed by atoms with Crippen LogP contribution in [0.5, 0.6) is 17.2 Å². The van der Waals surface area contributed by atoms with E-state index in [1.54, 1.807) is 6.07 Å². The van der Waals surface area contributed by atoms with Gasteiger partial charge >= 0.3 is 0 Å². The number of fused-ring (bicyclic) bond motifs is 1. The Kier molecular flexibility index (Phi) is 8.39. The molecular weight excluding hydrogens is 404 g/mol. The van der Waals surface area contributed by atoms with Gasteiger partial charge in [0.15, 0.2) is 11.5 Å². The number of hydrogen-bond donors (Lipinski definition) is 2. The number of amides is 1. The van der Waals surface area contributed by atoms with Gasteiger partial charge in [-0.3, -0.25) is 4.79 Å². The van der Waals surface area contributed by atoms with Gasteiger partial charge in [0.1, 0.15) is 0 Å². The fourth-order valence-corrected chi connectivity index (χ4v) is 3.95. The van der Waals surface area contributed by atoms with Crippen LogP contribution in [-0.4, -0.2) is 42.2 Å². The van der Waals surface area contributed by atoms with Crippen molar-refractivity contribution < 1.29 is 19.4 Å². The number of nitrogens with one attached hydrogen (secondary N) is 1. The zero-order valence-electron chi connectivity index (χ0n) is 19.7. The molecule has 2 N–H and O–H groups in total. The number of benzene rings is 2. The molecule has 6 nitrogen and oxygen atoms in total. The molecule has 0 saturated heterocycles. The van der Waals surface area contributed by atoms with E-state index in [1.165, 1.54) is 11.1 Å². The van der Waals surface area contributed by atoms with E-state index in [0.717, 1.165) is 18.5 Å². The van der Waals surface area contributed by atoms with Crippen LogP contribution in [-0.2, 0) is 17.9 Å². The molecule has 1 heterocycles. The van der Waals surface area contributed by atoms with Crippen LogP contribution in [0.25, 0.3) is 0 Å². The van der Waals surface area contributed by atoms with Gasteiger partial charge in [-0.1, -0.05) is 50.6 Å². The molecule has 0 aliphatic carbocycles. The van der Waals surface area contributed by atoms with Crippen molar-refractivity contribution >= 4 is 5.91 Å². The average Bonchev–Trinajstić information content (AvgIpc) is 2.98. The van der Waals surface area contributed by atoms with Gasteiger partial charge in [0, 0.05) is 38.5 Å². The zero-order valence-corrected chi connectivity index (χ0v) is 19.7. The third-order valence-electron chi connectivity index (χ3n) is 5.44. The number of phenolic OH excluding ortho intramolecular Hbond substituents is 1. The van der Waals surface area contributed by atoms with Crippen LogP contribution in [0.1, 0.15) is 43.9 Å². The van der Waals surface area contributed by atoms with Crippen molar-refractivity contribution in [3.8, 4) is 17.2 Å². The van der Waals surface area contributed by atoms with E-state index < -0.39 is 0 Å². The van der Waals surface area contributed by atoms with E-state index >= 15 is 0 Å². The highest BCUT2D eigenvalue weighted by Crippen LogP contribution is 2.39. The summed E-state index contributed by atoms with van der Waals surface area (Å²) in [6.07, 6.45) is 0.772. The van der Waals surface area contributed by atoms with Crippen LogP contribution < -0.4 is 14.8 Å². The summed E-state index contributed by atoms with van der Waals surface area (Å²) in [7, 11) is 0. The lowest BCUT2D eigenvalue weighted by Crippen LogP contribution is -2.40. The minimum absolute atomic E-state index is 0.0595. The predicted molar refractivity (Wildman–Crippen MR) is 126 cm³/mol. The highest BCUT2D eigenvalue weighted by molar-refractivity contribution is 5.78. The topological polar surface area (TPSA) is 71.0 Å². The summed E-state index contributed by atoms with van der Waals surface area (Å²) in [5.74, 6) is 1.27. The Bertz CT molecular complexity index is 913. The molecule has 0 radical (unpaired) electrons. The van der Waals surface area contributed by atoms with Crippen molar-refractivity contribution in [2.45, 2.75) is 47.2 Å². The van der Waals surface area contributed by atoms with E-state index in [2.05, 4.69) is 50.4 Å². The number of ether oxygens (including phenoxy) is 2. The number of rotatable bonds is 9. The highest BCUT2D eigenvalue weighted by atomic mass is 16.5. The lowest BCUT2D eigenvalue weighted by Gasteiger charge is -2.28. The van der Waals surface area contributed by atoms with Gasteiger partial charge < -0.3 is 24.8 Å². The molecule has 1 aliphatic rings. The van der Waals surface area contributed by atoms with E-state index in [9.17, 15) is 9.90 Å². The summed E-state index contributed by atoms with van der Waals surface area (Å²) in [5.41, 5.74) is 3.28.